The predicted octanol–water partition coefficient (Wildman–Crippen LogP) is 23.0. The molecule has 100 heavy (non-hydrogen) atoms. The van der Waals surface area contributed by atoms with Crippen LogP contribution < -0.4 is 0 Å². The van der Waals surface area contributed by atoms with E-state index >= 15 is 0 Å². The van der Waals surface area contributed by atoms with E-state index in [-0.39, 0.29) is 25.7 Å². The van der Waals surface area contributed by atoms with E-state index in [0.29, 0.717) is 25.7 Å². The lowest BCUT2D eigenvalue weighted by Crippen LogP contribution is -2.30. The van der Waals surface area contributed by atoms with Crippen molar-refractivity contribution in [3.63, 3.8) is 0 Å². The van der Waals surface area contributed by atoms with Crippen molar-refractivity contribution in [3.05, 3.63) is 85.1 Å². The average Bonchev–Trinajstić information content (AvgIpc) is 1.01. The van der Waals surface area contributed by atoms with Crippen molar-refractivity contribution in [2.45, 2.75) is 367 Å². The van der Waals surface area contributed by atoms with Crippen molar-refractivity contribution in [3.8, 4) is 0 Å². The van der Waals surface area contributed by atoms with Crippen molar-refractivity contribution in [2.75, 3.05) is 39.6 Å². The topological polar surface area (TPSA) is 237 Å². The maximum Gasteiger partial charge on any atom is 0.472 e. The Labute approximate surface area is 608 Å². The van der Waals surface area contributed by atoms with Crippen molar-refractivity contribution in [1.29, 1.82) is 0 Å². The van der Waals surface area contributed by atoms with Crippen LogP contribution in [0.3, 0.4) is 0 Å². The first-order chi connectivity index (χ1) is 48.7. The third kappa shape index (κ3) is 72.6. The molecule has 0 amide bonds. The molecule has 3 N–H and O–H groups in total. The smallest absolute Gasteiger partial charge is 0.462 e. The molecule has 0 fully saturated rings. The van der Waals surface area contributed by atoms with Gasteiger partial charge in [-0.2, -0.15) is 0 Å². The van der Waals surface area contributed by atoms with Crippen molar-refractivity contribution >= 4 is 39.5 Å². The molecule has 2 unspecified atom stereocenters. The van der Waals surface area contributed by atoms with Crippen LogP contribution in [-0.2, 0) is 65.4 Å². The number of hydrogen-bond acceptors (Lipinski definition) is 15. The second-order valence-corrected chi connectivity index (χ2v) is 29.5. The highest BCUT2D eigenvalue weighted by atomic mass is 31.2. The number of aliphatic hydroxyl groups excluding tert-OH is 1. The number of ether oxygens (including phenoxy) is 4. The van der Waals surface area contributed by atoms with E-state index in [4.69, 9.17) is 37.0 Å². The van der Waals surface area contributed by atoms with Gasteiger partial charge in [-0.05, 0) is 148 Å². The minimum absolute atomic E-state index is 0.0768. The summed E-state index contributed by atoms with van der Waals surface area (Å²) < 4.78 is 68.6. The maximum absolute atomic E-state index is 13.1. The minimum atomic E-state index is -4.98. The quantitative estimate of drug-likeness (QED) is 0.0169. The number of allylic oxidation sites excluding steroid dienone is 14. The number of phosphoric ester groups is 2. The molecular weight excluding hydrogens is 1310 g/mol. The zero-order valence-electron chi connectivity index (χ0n) is 63.4. The van der Waals surface area contributed by atoms with Gasteiger partial charge in [0.15, 0.2) is 12.2 Å². The average molecular weight is 1450 g/mol. The van der Waals surface area contributed by atoms with E-state index in [1.54, 1.807) is 0 Å². The molecule has 19 heteroatoms. The van der Waals surface area contributed by atoms with E-state index in [2.05, 4.69) is 113 Å². The second-order valence-electron chi connectivity index (χ2n) is 26.6. The molecule has 0 aromatic carbocycles. The number of esters is 4. The first-order valence-corrected chi connectivity index (χ1v) is 42.8. The normalized spacial score (nSPS) is 14.3. The first-order valence-electron chi connectivity index (χ1n) is 39.8. The third-order valence-corrected chi connectivity index (χ3v) is 18.7. The molecule has 0 spiro atoms. The fourth-order valence-corrected chi connectivity index (χ4v) is 12.2. The minimum Gasteiger partial charge on any atom is -0.462 e. The van der Waals surface area contributed by atoms with Crippen LogP contribution in [-0.4, -0.2) is 96.7 Å². The van der Waals surface area contributed by atoms with Gasteiger partial charge in [-0.3, -0.25) is 37.3 Å². The van der Waals surface area contributed by atoms with Gasteiger partial charge in [0.2, 0.25) is 0 Å². The Morgan fingerprint density at radius 3 is 0.770 bits per heavy atom. The number of carbonyl (C=O) groups excluding carboxylic acids is 4. The van der Waals surface area contributed by atoms with Gasteiger partial charge in [0.05, 0.1) is 26.4 Å². The van der Waals surface area contributed by atoms with Gasteiger partial charge in [-0.25, -0.2) is 9.13 Å². The van der Waals surface area contributed by atoms with Gasteiger partial charge in [0, 0.05) is 25.7 Å². The van der Waals surface area contributed by atoms with E-state index in [0.717, 1.165) is 173 Å². The summed E-state index contributed by atoms with van der Waals surface area (Å²) in [5.41, 5.74) is 0. The Hall–Kier alpha value is -3.76. The molecule has 0 bridgehead atoms. The zero-order chi connectivity index (χ0) is 73.2. The maximum atomic E-state index is 13.1. The summed E-state index contributed by atoms with van der Waals surface area (Å²) in [6.07, 6.45) is 75.5. The van der Waals surface area contributed by atoms with Crippen LogP contribution in [0.25, 0.3) is 0 Å². The summed E-state index contributed by atoms with van der Waals surface area (Å²) >= 11 is 0. The lowest BCUT2D eigenvalue weighted by atomic mass is 10.1. The molecule has 0 aromatic heterocycles. The lowest BCUT2D eigenvalue weighted by Gasteiger charge is -2.21. The van der Waals surface area contributed by atoms with Crippen LogP contribution in [0.5, 0.6) is 0 Å². The van der Waals surface area contributed by atoms with E-state index in [1.807, 2.05) is 0 Å². The van der Waals surface area contributed by atoms with Gasteiger partial charge in [0.25, 0.3) is 0 Å². The Kier molecular flexibility index (Phi) is 70.8. The van der Waals surface area contributed by atoms with Gasteiger partial charge in [-0.1, -0.05) is 260 Å². The molecule has 0 saturated carbocycles. The third-order valence-electron chi connectivity index (χ3n) is 16.8. The van der Waals surface area contributed by atoms with Gasteiger partial charge in [0.1, 0.15) is 19.3 Å². The predicted molar refractivity (Wildman–Crippen MR) is 409 cm³/mol. The molecule has 0 aromatic rings. The summed E-state index contributed by atoms with van der Waals surface area (Å²) in [5.74, 6) is -2.21. The zero-order valence-corrected chi connectivity index (χ0v) is 65.2. The van der Waals surface area contributed by atoms with Gasteiger partial charge in [-0.15, -0.1) is 0 Å². The van der Waals surface area contributed by atoms with Crippen LogP contribution in [0.1, 0.15) is 349 Å². The highest BCUT2D eigenvalue weighted by molar-refractivity contribution is 7.47. The molecule has 0 aliphatic rings. The highest BCUT2D eigenvalue weighted by Gasteiger charge is 2.30. The molecule has 0 aliphatic heterocycles. The number of phosphoric acid groups is 2. The van der Waals surface area contributed by atoms with Gasteiger partial charge >= 0.3 is 39.5 Å². The number of rotatable bonds is 75. The Morgan fingerprint density at radius 2 is 0.490 bits per heavy atom. The number of hydrogen-bond donors (Lipinski definition) is 3. The van der Waals surface area contributed by atoms with E-state index < -0.39 is 97.5 Å². The van der Waals surface area contributed by atoms with Crippen molar-refractivity contribution in [1.82, 2.24) is 0 Å². The highest BCUT2D eigenvalue weighted by Crippen LogP contribution is 2.45. The summed E-state index contributed by atoms with van der Waals surface area (Å²) in [6.45, 7) is 4.78. The molecule has 0 aliphatic carbocycles. The number of carbonyl (C=O) groups is 4. The first kappa shape index (κ1) is 96.2. The Bertz CT molecular complexity index is 2230. The Balaban J connectivity index is 5.38. The SMILES string of the molecule is CCCCC/C=C\C/C=C\CCCCCCCC(=O)OC[C@H](COP(=O)(O)OC[C@H](O)COP(=O)(O)OC[C@@H](COC(=O)CCCCCCC/C=C\C/C=C\CCCCC)OC(=O)CCCCCCC/C=C\CCCCCCCC)OC(=O)CCCCCCC/C=C\C/C=C\CCCCC. The fraction of sp³-hybridized carbons (Fsp3) is 0.778. The van der Waals surface area contributed by atoms with Crippen LogP contribution in [0.4, 0.5) is 0 Å². The summed E-state index contributed by atoms with van der Waals surface area (Å²) in [5, 5.41) is 10.6. The molecule has 0 radical (unpaired) electrons. The summed E-state index contributed by atoms with van der Waals surface area (Å²) in [6, 6.07) is 0. The van der Waals surface area contributed by atoms with Crippen LogP contribution in [0, 0.1) is 0 Å². The summed E-state index contributed by atoms with van der Waals surface area (Å²) in [4.78, 5) is 73.0. The molecule has 5 atom stereocenters. The number of unbranched alkanes of at least 4 members (excludes halogenated alkanes) is 35. The van der Waals surface area contributed by atoms with Crippen LogP contribution >= 0.6 is 15.6 Å². The number of aliphatic hydroxyl groups is 1. The molecule has 580 valence electrons. The lowest BCUT2D eigenvalue weighted by molar-refractivity contribution is -0.161. The standard InChI is InChI=1S/C81H144O17P2/c1-5-9-13-17-21-25-29-33-37-41-45-49-53-57-61-65-78(83)91-71-76(97-80(85)67-63-59-55-51-47-43-39-35-31-27-23-19-15-11-7-3)73-95-99(87,88)93-69-75(82)70-94-100(89,90)96-74-77(98-81(86)68-64-60-56-52-48-44-40-36-32-28-24-20-16-12-8-4)72-92-79(84)66-62-58-54-50-46-42-38-34-30-26-22-18-14-10-6-2/h21-23,25-27,33-40,75-77,82H,5-20,24,28-32,41-74H2,1-4H3,(H,87,88)(H,89,90)/b25-21-,26-22-,27-23-,37-33-,38-34-,39-35-,40-36-/t75-,76+,77+/m0/s1. The van der Waals surface area contributed by atoms with Crippen LogP contribution in [0.2, 0.25) is 0 Å². The van der Waals surface area contributed by atoms with Crippen molar-refractivity contribution < 1.29 is 80.2 Å². The second kappa shape index (κ2) is 73.5. The molecular formula is C81H144O17P2. The van der Waals surface area contributed by atoms with E-state index in [9.17, 15) is 43.2 Å². The molecule has 0 heterocycles. The summed E-state index contributed by atoms with van der Waals surface area (Å²) in [7, 11) is -9.96. The fourth-order valence-electron chi connectivity index (χ4n) is 10.7. The molecule has 0 rings (SSSR count). The molecule has 0 saturated heterocycles. The van der Waals surface area contributed by atoms with Crippen molar-refractivity contribution in [2.24, 2.45) is 0 Å². The van der Waals surface area contributed by atoms with Crippen LogP contribution in [0.15, 0.2) is 85.1 Å². The molecule has 17 nitrogen and oxygen atoms in total. The Morgan fingerprint density at radius 1 is 0.280 bits per heavy atom. The monoisotopic (exact) mass is 1450 g/mol. The van der Waals surface area contributed by atoms with Gasteiger partial charge < -0.3 is 33.8 Å². The van der Waals surface area contributed by atoms with E-state index in [1.165, 1.54) is 96.3 Å². The largest absolute Gasteiger partial charge is 0.472 e.